The molecule has 0 N–H and O–H groups in total. The van der Waals surface area contributed by atoms with Crippen LogP contribution >= 0.6 is 27.3 Å². The number of aromatic nitrogens is 1. The molecule has 0 aliphatic heterocycles. The van der Waals surface area contributed by atoms with Crippen LogP contribution in [0, 0.1) is 12.7 Å². The van der Waals surface area contributed by atoms with E-state index >= 15 is 0 Å². The predicted molar refractivity (Wildman–Crippen MR) is 112 cm³/mol. The van der Waals surface area contributed by atoms with Gasteiger partial charge < -0.3 is 4.74 Å². The molecular formula is C21H19BrFNO3S. The number of carbonyl (C=O) groups is 1. The van der Waals surface area contributed by atoms with Crippen molar-refractivity contribution in [2.24, 2.45) is 0 Å². The minimum atomic E-state index is -0.590. The molecular weight excluding hydrogens is 445 g/mol. The number of alkyl halides is 1. The highest BCUT2D eigenvalue weighted by atomic mass is 79.9. The molecule has 28 heavy (non-hydrogen) atoms. The Morgan fingerprint density at radius 1 is 1.39 bits per heavy atom. The van der Waals surface area contributed by atoms with Crippen LogP contribution in [0.25, 0.3) is 16.0 Å². The Labute approximate surface area is 174 Å². The lowest BCUT2D eigenvalue weighted by Crippen LogP contribution is -2.25. The van der Waals surface area contributed by atoms with E-state index in [0.717, 1.165) is 39.9 Å². The van der Waals surface area contributed by atoms with Gasteiger partial charge in [0.2, 0.25) is 0 Å². The molecule has 3 aromatic rings. The number of ether oxygens (including phenoxy) is 1. The summed E-state index contributed by atoms with van der Waals surface area (Å²) in [7, 11) is 0. The predicted octanol–water partition coefficient (Wildman–Crippen LogP) is 5.42. The summed E-state index contributed by atoms with van der Waals surface area (Å²) >= 11 is 4.72. The Kier molecular flexibility index (Phi) is 5.14. The van der Waals surface area contributed by atoms with Gasteiger partial charge in [-0.3, -0.25) is 9.20 Å². The summed E-state index contributed by atoms with van der Waals surface area (Å²) in [5, 5.41) is 0.464. The largest absolute Gasteiger partial charge is 0.462 e. The van der Waals surface area contributed by atoms with Gasteiger partial charge in [0.25, 0.3) is 5.56 Å². The van der Waals surface area contributed by atoms with Crippen LogP contribution < -0.4 is 5.56 Å². The molecule has 1 aliphatic carbocycles. The molecule has 0 amide bonds. The number of esters is 1. The number of rotatable bonds is 5. The molecule has 7 heteroatoms. The second kappa shape index (κ2) is 7.44. The van der Waals surface area contributed by atoms with Crippen LogP contribution in [0.5, 0.6) is 0 Å². The molecule has 1 aliphatic rings. The smallest absolute Gasteiger partial charge is 0.343 e. The van der Waals surface area contributed by atoms with Gasteiger partial charge in [0.15, 0.2) is 0 Å². The molecule has 4 rings (SSSR count). The van der Waals surface area contributed by atoms with Crippen LogP contribution in [0.1, 0.15) is 52.0 Å². The van der Waals surface area contributed by atoms with E-state index in [1.807, 2.05) is 13.0 Å². The lowest BCUT2D eigenvalue weighted by molar-refractivity contribution is 0.0524. The van der Waals surface area contributed by atoms with E-state index in [9.17, 15) is 14.0 Å². The zero-order chi connectivity index (χ0) is 20.0. The second-order valence-electron chi connectivity index (χ2n) is 6.90. The molecule has 0 radical (unpaired) electrons. The number of aryl methyl sites for hydroxylation is 1. The van der Waals surface area contributed by atoms with Gasteiger partial charge in [-0.15, -0.1) is 11.3 Å². The van der Waals surface area contributed by atoms with Crippen molar-refractivity contribution < 1.29 is 13.9 Å². The summed E-state index contributed by atoms with van der Waals surface area (Å²) in [6.07, 6.45) is 3.74. The monoisotopic (exact) mass is 463 g/mol. The first-order valence-corrected chi connectivity index (χ1v) is 11.1. The van der Waals surface area contributed by atoms with Crippen LogP contribution in [0.3, 0.4) is 0 Å². The highest BCUT2D eigenvalue weighted by Gasteiger charge is 2.30. The van der Waals surface area contributed by atoms with Crippen molar-refractivity contribution in [2.75, 3.05) is 6.61 Å². The van der Waals surface area contributed by atoms with Crippen LogP contribution in [0.2, 0.25) is 0 Å². The number of halogens is 2. The van der Waals surface area contributed by atoms with Crippen LogP contribution in [0.15, 0.2) is 29.2 Å². The molecule has 3 heterocycles. The Bertz CT molecular complexity index is 1150. The maximum atomic E-state index is 14.1. The fourth-order valence-electron chi connectivity index (χ4n) is 3.55. The molecule has 1 saturated carbocycles. The number of hydrogen-bond acceptors (Lipinski definition) is 4. The number of thiophene rings is 1. The molecule has 0 atom stereocenters. The molecule has 4 nitrogen and oxygen atoms in total. The fourth-order valence-corrected chi connectivity index (χ4v) is 5.14. The summed E-state index contributed by atoms with van der Waals surface area (Å²) < 4.78 is 20.7. The van der Waals surface area contributed by atoms with Gasteiger partial charge in [-0.1, -0.05) is 15.9 Å². The van der Waals surface area contributed by atoms with E-state index in [1.54, 1.807) is 25.3 Å². The summed E-state index contributed by atoms with van der Waals surface area (Å²) in [5.74, 6) is -0.489. The van der Waals surface area contributed by atoms with E-state index in [2.05, 4.69) is 15.9 Å². The van der Waals surface area contributed by atoms with Gasteiger partial charge in [0, 0.05) is 16.4 Å². The van der Waals surface area contributed by atoms with E-state index < -0.39 is 5.97 Å². The van der Waals surface area contributed by atoms with Crippen molar-refractivity contribution in [2.45, 2.75) is 37.9 Å². The highest BCUT2D eigenvalue weighted by Crippen LogP contribution is 2.44. The van der Waals surface area contributed by atoms with Crippen molar-refractivity contribution in [1.82, 2.24) is 4.40 Å². The average molecular weight is 464 g/mol. The van der Waals surface area contributed by atoms with Crippen molar-refractivity contribution in [3.8, 4) is 10.4 Å². The van der Waals surface area contributed by atoms with E-state index in [1.165, 1.54) is 15.7 Å². The lowest BCUT2D eigenvalue weighted by atomic mass is 10.00. The Balaban J connectivity index is 1.97. The summed E-state index contributed by atoms with van der Waals surface area (Å²) in [4.78, 5) is 26.7. The van der Waals surface area contributed by atoms with Crippen LogP contribution in [0.4, 0.5) is 4.39 Å². The van der Waals surface area contributed by atoms with E-state index in [-0.39, 0.29) is 23.5 Å². The number of hydrogen-bond donors (Lipinski definition) is 0. The molecule has 0 saturated heterocycles. The number of carbonyl (C=O) groups excluding carboxylic acids is 1. The summed E-state index contributed by atoms with van der Waals surface area (Å²) in [6.45, 7) is 3.89. The van der Waals surface area contributed by atoms with Gasteiger partial charge in [0.05, 0.1) is 17.0 Å². The zero-order valence-corrected chi connectivity index (χ0v) is 18.0. The van der Waals surface area contributed by atoms with Crippen LogP contribution in [-0.4, -0.2) is 17.0 Å². The molecule has 0 unspecified atom stereocenters. The average Bonchev–Trinajstić information content (AvgIpc) is 3.45. The van der Waals surface area contributed by atoms with Crippen molar-refractivity contribution in [1.29, 1.82) is 0 Å². The Morgan fingerprint density at radius 3 is 2.75 bits per heavy atom. The van der Waals surface area contributed by atoms with Crippen molar-refractivity contribution in [3.63, 3.8) is 0 Å². The molecule has 0 aromatic carbocycles. The molecule has 3 aromatic heterocycles. The standard InChI is InChI=1S/C21H19BrFNO3S/c1-3-27-21(26)15-8-14(12-4-5-12)19-11(2)13(6-7-24(19)20(15)25)17-9-16(23)18(10-22)28-17/h6-9,12H,3-5,10H2,1-2H3. The summed E-state index contributed by atoms with van der Waals surface area (Å²) in [6, 6.07) is 5.06. The van der Waals surface area contributed by atoms with Gasteiger partial charge >= 0.3 is 5.97 Å². The summed E-state index contributed by atoms with van der Waals surface area (Å²) in [5.41, 5.74) is 3.30. The first-order valence-electron chi connectivity index (χ1n) is 9.16. The maximum Gasteiger partial charge on any atom is 0.343 e. The normalized spacial score (nSPS) is 13.9. The lowest BCUT2D eigenvalue weighted by Gasteiger charge is -2.15. The third-order valence-electron chi connectivity index (χ3n) is 5.07. The number of nitrogens with zero attached hydrogens (tertiary/aromatic N) is 1. The fraction of sp³-hybridized carbons (Fsp3) is 0.333. The van der Waals surface area contributed by atoms with Gasteiger partial charge in [-0.25, -0.2) is 9.18 Å². The van der Waals surface area contributed by atoms with Crippen molar-refractivity contribution >= 4 is 38.8 Å². The molecule has 0 bridgehead atoms. The minimum absolute atomic E-state index is 0.0668. The Morgan fingerprint density at radius 2 is 2.14 bits per heavy atom. The number of fused-ring (bicyclic) bond motifs is 1. The second-order valence-corrected chi connectivity index (χ2v) is 8.60. The maximum absolute atomic E-state index is 14.1. The van der Waals surface area contributed by atoms with Crippen molar-refractivity contribution in [3.05, 3.63) is 62.1 Å². The third-order valence-corrected chi connectivity index (χ3v) is 7.14. The molecule has 0 spiro atoms. The van der Waals surface area contributed by atoms with Crippen LogP contribution in [-0.2, 0) is 10.1 Å². The topological polar surface area (TPSA) is 47.8 Å². The minimum Gasteiger partial charge on any atom is -0.462 e. The first-order chi connectivity index (χ1) is 13.5. The Hall–Kier alpha value is -1.99. The molecule has 1 fully saturated rings. The SMILES string of the molecule is CCOC(=O)c1cc(C2CC2)c2c(C)c(-c3cc(F)c(CBr)s3)ccn2c1=O. The molecule has 146 valence electrons. The van der Waals surface area contributed by atoms with Gasteiger partial charge in [0.1, 0.15) is 11.4 Å². The highest BCUT2D eigenvalue weighted by molar-refractivity contribution is 9.08. The number of pyridine rings is 2. The zero-order valence-electron chi connectivity index (χ0n) is 15.6. The quantitative estimate of drug-likeness (QED) is 0.374. The van der Waals surface area contributed by atoms with Gasteiger partial charge in [-0.05, 0) is 67.5 Å². The van der Waals surface area contributed by atoms with Gasteiger partial charge in [-0.2, -0.15) is 0 Å². The van der Waals surface area contributed by atoms with E-state index in [0.29, 0.717) is 16.1 Å². The third kappa shape index (κ3) is 3.20. The first kappa shape index (κ1) is 19.3. The van der Waals surface area contributed by atoms with E-state index in [4.69, 9.17) is 4.74 Å².